The second-order valence-electron chi connectivity index (χ2n) is 5.15. The maximum absolute atomic E-state index is 13.1. The number of hydrogen-bond acceptors (Lipinski definition) is 4. The van der Waals surface area contributed by atoms with E-state index in [1.54, 1.807) is 0 Å². The number of aliphatic hydroxyl groups is 1. The highest BCUT2D eigenvalue weighted by Crippen LogP contribution is 2.25. The molecule has 20 heavy (non-hydrogen) atoms. The van der Waals surface area contributed by atoms with Crippen molar-refractivity contribution in [1.29, 1.82) is 0 Å². The molecule has 1 aliphatic rings. The summed E-state index contributed by atoms with van der Waals surface area (Å²) < 4.78 is 39.8. The number of aliphatic hydroxyl groups excluding tert-OH is 1. The lowest BCUT2D eigenvalue weighted by atomic mass is 9.87. The van der Waals surface area contributed by atoms with Crippen LogP contribution in [-0.2, 0) is 10.0 Å². The molecule has 4 N–H and O–H groups in total. The Hall–Kier alpha value is -1.18. The molecular formula is C13H19FN2O3S. The Labute approximate surface area is 118 Å². The highest BCUT2D eigenvalue weighted by atomic mass is 32.2. The standard InChI is InChI=1S/C13H19FN2O3S/c14-10-5-6-11(15)13(7-10)20(18,19)16-8-9-3-1-2-4-12(9)17/h5-7,9,12,16-17H,1-4,8,15H2. The molecule has 0 radical (unpaired) electrons. The summed E-state index contributed by atoms with van der Waals surface area (Å²) in [6.45, 7) is 0.138. The van der Waals surface area contributed by atoms with Gasteiger partial charge in [-0.1, -0.05) is 12.8 Å². The van der Waals surface area contributed by atoms with Crippen LogP contribution < -0.4 is 10.5 Å². The number of rotatable bonds is 4. The normalized spacial score (nSPS) is 23.7. The third-order valence-corrected chi connectivity index (χ3v) is 5.15. The first-order valence-electron chi connectivity index (χ1n) is 6.63. The Morgan fingerprint density at radius 2 is 2.05 bits per heavy atom. The zero-order valence-corrected chi connectivity index (χ0v) is 11.9. The van der Waals surface area contributed by atoms with Crippen molar-refractivity contribution in [1.82, 2.24) is 4.72 Å². The topological polar surface area (TPSA) is 92.4 Å². The molecule has 0 aliphatic heterocycles. The average molecular weight is 302 g/mol. The molecule has 0 spiro atoms. The predicted octanol–water partition coefficient (Wildman–Crippen LogP) is 1.24. The molecule has 0 heterocycles. The van der Waals surface area contributed by atoms with Crippen molar-refractivity contribution in [2.24, 2.45) is 5.92 Å². The SMILES string of the molecule is Nc1ccc(F)cc1S(=O)(=O)NCC1CCCCC1O. The summed E-state index contributed by atoms with van der Waals surface area (Å²) >= 11 is 0. The second-order valence-corrected chi connectivity index (χ2v) is 6.88. The van der Waals surface area contributed by atoms with Crippen molar-refractivity contribution in [2.75, 3.05) is 12.3 Å². The highest BCUT2D eigenvalue weighted by Gasteiger charge is 2.26. The van der Waals surface area contributed by atoms with E-state index in [4.69, 9.17) is 5.73 Å². The molecule has 1 aromatic carbocycles. The maximum atomic E-state index is 13.1. The van der Waals surface area contributed by atoms with Gasteiger partial charge in [0.25, 0.3) is 0 Å². The molecule has 0 bridgehead atoms. The van der Waals surface area contributed by atoms with Crippen LogP contribution in [0.25, 0.3) is 0 Å². The van der Waals surface area contributed by atoms with Gasteiger partial charge in [-0.25, -0.2) is 17.5 Å². The van der Waals surface area contributed by atoms with Crippen LogP contribution in [0.4, 0.5) is 10.1 Å². The third kappa shape index (κ3) is 3.47. The first kappa shape index (κ1) is 15.2. The van der Waals surface area contributed by atoms with Gasteiger partial charge in [-0.3, -0.25) is 0 Å². The number of sulfonamides is 1. The van der Waals surface area contributed by atoms with Gasteiger partial charge in [0.1, 0.15) is 10.7 Å². The van der Waals surface area contributed by atoms with Crippen molar-refractivity contribution in [3.05, 3.63) is 24.0 Å². The van der Waals surface area contributed by atoms with Crippen LogP contribution in [0, 0.1) is 11.7 Å². The van der Waals surface area contributed by atoms with Crippen LogP contribution >= 0.6 is 0 Å². The molecule has 1 saturated carbocycles. The van der Waals surface area contributed by atoms with E-state index in [2.05, 4.69) is 4.72 Å². The Balaban J connectivity index is 2.09. The summed E-state index contributed by atoms with van der Waals surface area (Å²) in [6.07, 6.45) is 2.92. The van der Waals surface area contributed by atoms with Gasteiger partial charge in [0.05, 0.1) is 11.8 Å². The van der Waals surface area contributed by atoms with E-state index >= 15 is 0 Å². The maximum Gasteiger partial charge on any atom is 0.242 e. The Bertz CT molecular complexity index is 577. The summed E-state index contributed by atoms with van der Waals surface area (Å²) in [5.74, 6) is -0.759. The molecular weight excluding hydrogens is 283 g/mol. The highest BCUT2D eigenvalue weighted by molar-refractivity contribution is 7.89. The Morgan fingerprint density at radius 1 is 1.35 bits per heavy atom. The number of benzene rings is 1. The van der Waals surface area contributed by atoms with Crippen molar-refractivity contribution >= 4 is 15.7 Å². The molecule has 0 saturated heterocycles. The quantitative estimate of drug-likeness (QED) is 0.730. The van der Waals surface area contributed by atoms with Crippen LogP contribution in [0.3, 0.4) is 0 Å². The van der Waals surface area contributed by atoms with Gasteiger partial charge < -0.3 is 10.8 Å². The fourth-order valence-electron chi connectivity index (χ4n) is 2.46. The van der Waals surface area contributed by atoms with Gasteiger partial charge in [-0.05, 0) is 37.0 Å². The van der Waals surface area contributed by atoms with E-state index in [0.717, 1.165) is 31.4 Å². The van der Waals surface area contributed by atoms with Gasteiger partial charge in [0.2, 0.25) is 10.0 Å². The Morgan fingerprint density at radius 3 is 2.75 bits per heavy atom. The van der Waals surface area contributed by atoms with E-state index in [1.165, 1.54) is 6.07 Å². The van der Waals surface area contributed by atoms with Crippen LogP contribution in [-0.4, -0.2) is 26.2 Å². The van der Waals surface area contributed by atoms with Gasteiger partial charge in [0.15, 0.2) is 0 Å². The molecule has 1 fully saturated rings. The molecule has 0 aromatic heterocycles. The molecule has 1 aromatic rings. The lowest BCUT2D eigenvalue weighted by Gasteiger charge is -2.27. The van der Waals surface area contributed by atoms with E-state index in [9.17, 15) is 17.9 Å². The summed E-state index contributed by atoms with van der Waals surface area (Å²) in [6, 6.07) is 3.23. The Kier molecular flexibility index (Phi) is 4.62. The van der Waals surface area contributed by atoms with E-state index in [-0.39, 0.29) is 23.0 Å². The number of anilines is 1. The first-order valence-corrected chi connectivity index (χ1v) is 8.11. The lowest BCUT2D eigenvalue weighted by molar-refractivity contribution is 0.0724. The number of nitrogens with one attached hydrogen (secondary N) is 1. The van der Waals surface area contributed by atoms with Crippen molar-refractivity contribution in [3.8, 4) is 0 Å². The molecule has 2 unspecified atom stereocenters. The largest absolute Gasteiger partial charge is 0.398 e. The average Bonchev–Trinajstić information content (AvgIpc) is 2.40. The smallest absolute Gasteiger partial charge is 0.242 e. The van der Waals surface area contributed by atoms with E-state index in [1.807, 2.05) is 0 Å². The number of nitrogens with two attached hydrogens (primary N) is 1. The molecule has 2 atom stereocenters. The number of halogens is 1. The summed E-state index contributed by atoms with van der Waals surface area (Å²) in [4.78, 5) is -0.261. The van der Waals surface area contributed by atoms with E-state index < -0.39 is 21.9 Å². The molecule has 0 amide bonds. The van der Waals surface area contributed by atoms with Gasteiger partial charge in [-0.15, -0.1) is 0 Å². The lowest BCUT2D eigenvalue weighted by Crippen LogP contribution is -2.36. The molecule has 7 heteroatoms. The minimum absolute atomic E-state index is 0.00286. The summed E-state index contributed by atoms with van der Waals surface area (Å²) in [5, 5.41) is 9.82. The zero-order chi connectivity index (χ0) is 14.8. The monoisotopic (exact) mass is 302 g/mol. The number of nitrogen functional groups attached to an aromatic ring is 1. The zero-order valence-electron chi connectivity index (χ0n) is 11.0. The molecule has 5 nitrogen and oxygen atoms in total. The van der Waals surface area contributed by atoms with Crippen molar-refractivity contribution in [2.45, 2.75) is 36.7 Å². The van der Waals surface area contributed by atoms with Crippen LogP contribution in [0.1, 0.15) is 25.7 Å². The number of hydrogen-bond donors (Lipinski definition) is 3. The van der Waals surface area contributed by atoms with Crippen LogP contribution in [0.5, 0.6) is 0 Å². The molecule has 112 valence electrons. The summed E-state index contributed by atoms with van der Waals surface area (Å²) in [7, 11) is -3.86. The minimum atomic E-state index is -3.86. The molecule has 2 rings (SSSR count). The van der Waals surface area contributed by atoms with E-state index in [0.29, 0.717) is 6.42 Å². The predicted molar refractivity (Wildman–Crippen MR) is 74.0 cm³/mol. The van der Waals surface area contributed by atoms with Crippen LogP contribution in [0.15, 0.2) is 23.1 Å². The van der Waals surface area contributed by atoms with Gasteiger partial charge >= 0.3 is 0 Å². The molecule has 1 aliphatic carbocycles. The summed E-state index contributed by atoms with van der Waals surface area (Å²) in [5.41, 5.74) is 5.58. The second kappa shape index (κ2) is 6.07. The third-order valence-electron chi connectivity index (χ3n) is 3.67. The first-order chi connectivity index (χ1) is 9.40. The fraction of sp³-hybridized carbons (Fsp3) is 0.538. The van der Waals surface area contributed by atoms with Crippen molar-refractivity contribution < 1.29 is 17.9 Å². The van der Waals surface area contributed by atoms with Gasteiger partial charge in [-0.2, -0.15) is 0 Å². The van der Waals surface area contributed by atoms with Gasteiger partial charge in [0, 0.05) is 6.54 Å². The van der Waals surface area contributed by atoms with Crippen molar-refractivity contribution in [3.63, 3.8) is 0 Å². The fourth-order valence-corrected chi connectivity index (χ4v) is 3.70. The van der Waals surface area contributed by atoms with Crippen LogP contribution in [0.2, 0.25) is 0 Å². The minimum Gasteiger partial charge on any atom is -0.398 e.